The molecule has 26 heavy (non-hydrogen) atoms. The third kappa shape index (κ3) is 6.30. The molecule has 0 unspecified atom stereocenters. The number of pyridine rings is 1. The molecule has 1 amide bonds. The summed E-state index contributed by atoms with van der Waals surface area (Å²) in [5.74, 6) is 4.97. The highest BCUT2D eigenvalue weighted by Gasteiger charge is 2.33. The van der Waals surface area contributed by atoms with Crippen LogP contribution in [0.5, 0.6) is 0 Å². The Labute approximate surface area is 153 Å². The Hall–Kier alpha value is -2.72. The third-order valence-corrected chi connectivity index (χ3v) is 3.34. The number of nitrogens with one attached hydrogen (secondary N) is 1. The fourth-order valence-electron chi connectivity index (χ4n) is 1.92. The van der Waals surface area contributed by atoms with E-state index < -0.39 is 17.8 Å². The molecule has 1 aromatic carbocycles. The van der Waals surface area contributed by atoms with E-state index in [9.17, 15) is 18.0 Å². The summed E-state index contributed by atoms with van der Waals surface area (Å²) in [5, 5.41) is 2.39. The zero-order valence-corrected chi connectivity index (χ0v) is 14.2. The van der Waals surface area contributed by atoms with Gasteiger partial charge in [0.2, 0.25) is 0 Å². The average molecular weight is 383 g/mol. The number of alkyl halides is 3. The highest BCUT2D eigenvalue weighted by molar-refractivity contribution is 6.29. The summed E-state index contributed by atoms with van der Waals surface area (Å²) in [7, 11) is 0. The van der Waals surface area contributed by atoms with E-state index in [4.69, 9.17) is 16.3 Å². The Morgan fingerprint density at radius 3 is 2.69 bits per heavy atom. The largest absolute Gasteiger partial charge is 0.445 e. The molecule has 8 heteroatoms. The quantitative estimate of drug-likeness (QED) is 0.484. The first-order valence-corrected chi connectivity index (χ1v) is 7.90. The maximum absolute atomic E-state index is 12.9. The molecule has 0 atom stereocenters. The molecule has 0 aliphatic carbocycles. The number of benzene rings is 1. The van der Waals surface area contributed by atoms with Crippen molar-refractivity contribution in [2.24, 2.45) is 0 Å². The maximum Gasteiger partial charge on any atom is 0.419 e. The fourth-order valence-corrected chi connectivity index (χ4v) is 2.08. The Balaban J connectivity index is 1.82. The summed E-state index contributed by atoms with van der Waals surface area (Å²) >= 11 is 5.61. The van der Waals surface area contributed by atoms with Crippen molar-refractivity contribution < 1.29 is 22.7 Å². The summed E-state index contributed by atoms with van der Waals surface area (Å²) in [6.45, 7) is 0.267. The first-order chi connectivity index (χ1) is 12.4. The first kappa shape index (κ1) is 19.6. The van der Waals surface area contributed by atoms with Gasteiger partial charge in [-0.05, 0) is 11.6 Å². The molecule has 0 spiro atoms. The van der Waals surface area contributed by atoms with Crippen LogP contribution in [0.2, 0.25) is 5.15 Å². The second kappa shape index (κ2) is 9.11. The summed E-state index contributed by atoms with van der Waals surface area (Å²) in [4.78, 5) is 14.9. The minimum atomic E-state index is -4.57. The van der Waals surface area contributed by atoms with Gasteiger partial charge in [-0.25, -0.2) is 9.78 Å². The van der Waals surface area contributed by atoms with Gasteiger partial charge in [0, 0.05) is 24.7 Å². The number of carbonyl (C=O) groups excluding carboxylic acids is 1. The predicted octanol–water partition coefficient (Wildman–Crippen LogP) is 4.42. The van der Waals surface area contributed by atoms with Gasteiger partial charge < -0.3 is 10.1 Å². The zero-order valence-electron chi connectivity index (χ0n) is 13.4. The van der Waals surface area contributed by atoms with E-state index in [0.29, 0.717) is 6.20 Å². The minimum absolute atomic E-state index is 0.0788. The van der Waals surface area contributed by atoms with E-state index in [2.05, 4.69) is 22.1 Å². The van der Waals surface area contributed by atoms with E-state index in [1.54, 1.807) is 0 Å². The molecule has 2 rings (SSSR count). The van der Waals surface area contributed by atoms with Gasteiger partial charge >= 0.3 is 12.3 Å². The smallest absolute Gasteiger partial charge is 0.419 e. The monoisotopic (exact) mass is 382 g/mol. The van der Waals surface area contributed by atoms with Crippen LogP contribution in [0.15, 0.2) is 42.6 Å². The van der Waals surface area contributed by atoms with Crippen LogP contribution in [0.25, 0.3) is 0 Å². The number of carbonyl (C=O) groups is 1. The summed E-state index contributed by atoms with van der Waals surface area (Å²) in [6, 6.07) is 10.2. The molecule has 1 N–H and O–H groups in total. The summed E-state index contributed by atoms with van der Waals surface area (Å²) in [6.07, 6.45) is -4.40. The standard InChI is InChI=1S/C18H14ClF3N2O2/c19-16-10-14(15(11-24-16)18(20,21)22)8-4-5-9-23-17(25)26-12-13-6-2-1-3-7-13/h1-3,6-7,10-11H,5,9,12H2,(H,23,25). The van der Waals surface area contributed by atoms with Crippen molar-refractivity contribution in [1.82, 2.24) is 10.3 Å². The second-order valence-electron chi connectivity index (χ2n) is 5.09. The topological polar surface area (TPSA) is 51.2 Å². The van der Waals surface area contributed by atoms with E-state index in [1.165, 1.54) is 0 Å². The number of amides is 1. The third-order valence-electron chi connectivity index (χ3n) is 3.13. The van der Waals surface area contributed by atoms with Crippen LogP contribution in [0.4, 0.5) is 18.0 Å². The molecule has 0 bridgehead atoms. The highest BCUT2D eigenvalue weighted by Crippen LogP contribution is 2.31. The average Bonchev–Trinajstić information content (AvgIpc) is 2.59. The lowest BCUT2D eigenvalue weighted by Gasteiger charge is -2.08. The fraction of sp³-hybridized carbons (Fsp3) is 0.222. The van der Waals surface area contributed by atoms with Crippen molar-refractivity contribution >= 4 is 17.7 Å². The second-order valence-corrected chi connectivity index (χ2v) is 5.48. The van der Waals surface area contributed by atoms with E-state index in [0.717, 1.165) is 11.6 Å². The maximum atomic E-state index is 12.9. The number of alkyl carbamates (subject to hydrolysis) is 1. The van der Waals surface area contributed by atoms with Crippen LogP contribution in [0.1, 0.15) is 23.1 Å². The highest BCUT2D eigenvalue weighted by atomic mass is 35.5. The first-order valence-electron chi connectivity index (χ1n) is 7.52. The number of hydrogen-bond donors (Lipinski definition) is 1. The minimum Gasteiger partial charge on any atom is -0.445 e. The molecule has 0 saturated heterocycles. The van der Waals surface area contributed by atoms with Gasteiger partial charge in [-0.2, -0.15) is 13.2 Å². The lowest BCUT2D eigenvalue weighted by molar-refractivity contribution is -0.138. The van der Waals surface area contributed by atoms with Crippen molar-refractivity contribution in [2.45, 2.75) is 19.2 Å². The molecule has 0 radical (unpaired) electrons. The summed E-state index contributed by atoms with van der Waals surface area (Å²) < 4.78 is 43.6. The van der Waals surface area contributed by atoms with Crippen molar-refractivity contribution in [3.8, 4) is 11.8 Å². The van der Waals surface area contributed by atoms with Gasteiger partial charge in [0.05, 0.1) is 5.56 Å². The van der Waals surface area contributed by atoms with Gasteiger partial charge in [-0.3, -0.25) is 0 Å². The van der Waals surface area contributed by atoms with Crippen molar-refractivity contribution in [1.29, 1.82) is 0 Å². The number of ether oxygens (including phenoxy) is 1. The van der Waals surface area contributed by atoms with Gasteiger partial charge in [0.1, 0.15) is 11.8 Å². The molecule has 1 heterocycles. The Kier molecular flexibility index (Phi) is 6.87. The van der Waals surface area contributed by atoms with Crippen LogP contribution < -0.4 is 5.32 Å². The molecule has 0 aliphatic heterocycles. The van der Waals surface area contributed by atoms with Crippen molar-refractivity contribution in [3.05, 3.63) is 64.4 Å². The van der Waals surface area contributed by atoms with Crippen LogP contribution in [0.3, 0.4) is 0 Å². The van der Waals surface area contributed by atoms with Gasteiger partial charge in [0.25, 0.3) is 0 Å². The van der Waals surface area contributed by atoms with E-state index >= 15 is 0 Å². The van der Waals surface area contributed by atoms with Gasteiger partial charge in [0.15, 0.2) is 0 Å². The van der Waals surface area contributed by atoms with Crippen molar-refractivity contribution in [2.75, 3.05) is 6.54 Å². The number of nitrogens with zero attached hydrogens (tertiary/aromatic N) is 1. The van der Waals surface area contributed by atoms with Crippen LogP contribution in [-0.2, 0) is 17.5 Å². The molecule has 136 valence electrons. The van der Waals surface area contributed by atoms with Crippen molar-refractivity contribution in [3.63, 3.8) is 0 Å². The SMILES string of the molecule is O=C(NCCC#Cc1cc(Cl)ncc1C(F)(F)F)OCc1ccccc1. The molecule has 0 fully saturated rings. The van der Waals surface area contributed by atoms with Gasteiger partial charge in [-0.15, -0.1) is 0 Å². The van der Waals surface area contributed by atoms with Crippen LogP contribution in [0, 0.1) is 11.8 Å². The molecule has 2 aromatic rings. The number of hydrogen-bond acceptors (Lipinski definition) is 3. The molecule has 4 nitrogen and oxygen atoms in total. The Bertz CT molecular complexity index is 815. The van der Waals surface area contributed by atoms with Gasteiger partial charge in [-0.1, -0.05) is 53.8 Å². The Morgan fingerprint density at radius 1 is 1.27 bits per heavy atom. The zero-order chi connectivity index (χ0) is 19.0. The predicted molar refractivity (Wildman–Crippen MR) is 90.4 cm³/mol. The van der Waals surface area contributed by atoms with E-state index in [-0.39, 0.29) is 30.3 Å². The Morgan fingerprint density at radius 2 is 2.00 bits per heavy atom. The number of aromatic nitrogens is 1. The normalized spacial score (nSPS) is 10.6. The molecule has 0 aliphatic rings. The molecule has 1 aromatic heterocycles. The molecule has 0 saturated carbocycles. The number of rotatable bonds is 4. The number of halogens is 4. The molecular formula is C18H14ClF3N2O2. The lowest BCUT2D eigenvalue weighted by atomic mass is 10.1. The van der Waals surface area contributed by atoms with Crippen LogP contribution >= 0.6 is 11.6 Å². The van der Waals surface area contributed by atoms with E-state index in [1.807, 2.05) is 30.3 Å². The summed E-state index contributed by atoms with van der Waals surface area (Å²) in [5.41, 5.74) is -0.370. The lowest BCUT2D eigenvalue weighted by Crippen LogP contribution is -2.24. The van der Waals surface area contributed by atoms with Crippen LogP contribution in [-0.4, -0.2) is 17.6 Å². The molecular weight excluding hydrogens is 369 g/mol.